The number of hydrogen-bond donors (Lipinski definition) is 3. The Morgan fingerprint density at radius 2 is 1.47 bits per heavy atom. The van der Waals surface area contributed by atoms with Crippen molar-refractivity contribution in [3.8, 4) is 17.2 Å². The third-order valence-electron chi connectivity index (χ3n) is 6.30. The van der Waals surface area contributed by atoms with Gasteiger partial charge in [0, 0.05) is 43.5 Å². The summed E-state index contributed by atoms with van der Waals surface area (Å²) < 4.78 is 0. The van der Waals surface area contributed by atoms with E-state index in [0.29, 0.717) is 43.7 Å². The van der Waals surface area contributed by atoms with Gasteiger partial charge in [-0.05, 0) is 53.9 Å². The maximum absolute atomic E-state index is 13.3. The Labute approximate surface area is 198 Å². The van der Waals surface area contributed by atoms with Crippen molar-refractivity contribution in [2.45, 2.75) is 19.8 Å². The van der Waals surface area contributed by atoms with Gasteiger partial charge in [0.1, 0.15) is 17.2 Å². The first-order valence-corrected chi connectivity index (χ1v) is 11.4. The van der Waals surface area contributed by atoms with Gasteiger partial charge in [-0.15, -0.1) is 0 Å². The average Bonchev–Trinajstić information content (AvgIpc) is 2.85. The summed E-state index contributed by atoms with van der Waals surface area (Å²) in [5.41, 5.74) is 2.20. The van der Waals surface area contributed by atoms with Gasteiger partial charge in [0.25, 0.3) is 0 Å². The number of phenolic OH excluding ortho intramolecular Hbond substituents is 3. The van der Waals surface area contributed by atoms with E-state index in [9.17, 15) is 24.9 Å². The van der Waals surface area contributed by atoms with Crippen LogP contribution in [0.4, 0.5) is 5.69 Å². The third-order valence-corrected chi connectivity index (χ3v) is 6.30. The van der Waals surface area contributed by atoms with E-state index in [2.05, 4.69) is 4.90 Å². The molecule has 1 amide bonds. The maximum Gasteiger partial charge on any atom is 0.227 e. The molecule has 34 heavy (non-hydrogen) atoms. The van der Waals surface area contributed by atoms with Crippen molar-refractivity contribution in [3.63, 3.8) is 0 Å². The van der Waals surface area contributed by atoms with Crippen molar-refractivity contribution in [1.82, 2.24) is 4.90 Å². The van der Waals surface area contributed by atoms with E-state index in [4.69, 9.17) is 0 Å². The summed E-state index contributed by atoms with van der Waals surface area (Å²) in [6.07, 6.45) is 0.294. The zero-order valence-electron chi connectivity index (χ0n) is 19.1. The fourth-order valence-electron chi connectivity index (χ4n) is 4.46. The van der Waals surface area contributed by atoms with Crippen LogP contribution in [0.2, 0.25) is 0 Å². The Hall–Kier alpha value is -4.00. The molecule has 3 aromatic carbocycles. The van der Waals surface area contributed by atoms with Crippen LogP contribution in [-0.2, 0) is 17.6 Å². The van der Waals surface area contributed by atoms with E-state index in [1.165, 1.54) is 24.3 Å². The number of ketones is 1. The first kappa shape index (κ1) is 23.2. The molecule has 1 saturated heterocycles. The largest absolute Gasteiger partial charge is 0.508 e. The molecule has 1 heterocycles. The van der Waals surface area contributed by atoms with Crippen molar-refractivity contribution in [1.29, 1.82) is 0 Å². The SMILES string of the molecule is CCc1c(O)cc(O)c(C(=O)c2ccc(O)cc2)c1CC(=O)N1CCN(c2ccccc2)CC1. The molecule has 176 valence electrons. The number of para-hydroxylation sites is 1. The number of aromatic hydroxyl groups is 3. The number of hydrogen-bond acceptors (Lipinski definition) is 6. The van der Waals surface area contributed by atoms with Crippen LogP contribution in [0.5, 0.6) is 17.2 Å². The summed E-state index contributed by atoms with van der Waals surface area (Å²) in [4.78, 5) is 30.5. The molecule has 0 bridgehead atoms. The molecule has 0 aliphatic carbocycles. The second-order valence-corrected chi connectivity index (χ2v) is 8.36. The molecule has 1 fully saturated rings. The van der Waals surface area contributed by atoms with Gasteiger partial charge in [-0.1, -0.05) is 25.1 Å². The number of anilines is 1. The van der Waals surface area contributed by atoms with Crippen molar-refractivity contribution in [2.24, 2.45) is 0 Å². The summed E-state index contributed by atoms with van der Waals surface area (Å²) in [5, 5.41) is 30.6. The highest BCUT2D eigenvalue weighted by molar-refractivity contribution is 6.12. The predicted octanol–water partition coefficient (Wildman–Crippen LogP) is 3.49. The van der Waals surface area contributed by atoms with E-state index in [1.807, 2.05) is 37.3 Å². The van der Waals surface area contributed by atoms with Crippen LogP contribution >= 0.6 is 0 Å². The normalized spacial score (nSPS) is 13.7. The minimum Gasteiger partial charge on any atom is -0.508 e. The van der Waals surface area contributed by atoms with Gasteiger partial charge in [0.2, 0.25) is 5.91 Å². The molecule has 0 spiro atoms. The molecule has 0 aromatic heterocycles. The lowest BCUT2D eigenvalue weighted by Gasteiger charge is -2.36. The van der Waals surface area contributed by atoms with Crippen LogP contribution in [0.1, 0.15) is 34.0 Å². The molecule has 7 heteroatoms. The van der Waals surface area contributed by atoms with E-state index in [1.54, 1.807) is 4.90 Å². The van der Waals surface area contributed by atoms with Gasteiger partial charge < -0.3 is 25.1 Å². The molecule has 0 unspecified atom stereocenters. The lowest BCUT2D eigenvalue weighted by molar-refractivity contribution is -0.130. The van der Waals surface area contributed by atoms with Crippen LogP contribution in [0.15, 0.2) is 60.7 Å². The Kier molecular flexibility index (Phi) is 6.72. The van der Waals surface area contributed by atoms with E-state index in [0.717, 1.165) is 11.8 Å². The minimum absolute atomic E-state index is 0.0108. The van der Waals surface area contributed by atoms with Crippen molar-refractivity contribution in [3.05, 3.63) is 82.9 Å². The van der Waals surface area contributed by atoms with Gasteiger partial charge in [-0.2, -0.15) is 0 Å². The Bertz CT molecular complexity index is 1180. The van der Waals surface area contributed by atoms with Gasteiger partial charge in [0.15, 0.2) is 5.78 Å². The molecule has 7 nitrogen and oxygen atoms in total. The first-order chi connectivity index (χ1) is 16.4. The number of nitrogens with zero attached hydrogens (tertiary/aromatic N) is 2. The highest BCUT2D eigenvalue weighted by Crippen LogP contribution is 2.35. The zero-order valence-corrected chi connectivity index (χ0v) is 19.1. The quantitative estimate of drug-likeness (QED) is 0.487. The Balaban J connectivity index is 1.59. The maximum atomic E-state index is 13.3. The van der Waals surface area contributed by atoms with Crippen LogP contribution in [-0.4, -0.2) is 58.1 Å². The Morgan fingerprint density at radius 3 is 2.09 bits per heavy atom. The molecule has 3 N–H and O–H groups in total. The topological polar surface area (TPSA) is 101 Å². The van der Waals surface area contributed by atoms with Crippen molar-refractivity contribution >= 4 is 17.4 Å². The number of piperazine rings is 1. The number of carbonyl (C=O) groups is 2. The molecule has 0 atom stereocenters. The summed E-state index contributed by atoms with van der Waals surface area (Å²) in [5.74, 6) is -1.12. The second kappa shape index (κ2) is 9.87. The molecular formula is C27H28N2O5. The monoisotopic (exact) mass is 460 g/mol. The fraction of sp³-hybridized carbons (Fsp3) is 0.259. The lowest BCUT2D eigenvalue weighted by Crippen LogP contribution is -2.49. The zero-order chi connectivity index (χ0) is 24.2. The highest BCUT2D eigenvalue weighted by Gasteiger charge is 2.28. The van der Waals surface area contributed by atoms with Crippen LogP contribution in [0.25, 0.3) is 0 Å². The van der Waals surface area contributed by atoms with E-state index in [-0.39, 0.29) is 40.7 Å². The molecular weight excluding hydrogens is 432 g/mol. The molecule has 0 radical (unpaired) electrons. The summed E-state index contributed by atoms with van der Waals surface area (Å²) in [6, 6.07) is 16.9. The van der Waals surface area contributed by atoms with Gasteiger partial charge in [-0.25, -0.2) is 0 Å². The molecule has 3 aromatic rings. The van der Waals surface area contributed by atoms with Crippen molar-refractivity contribution < 1.29 is 24.9 Å². The molecule has 0 saturated carbocycles. The number of amides is 1. The molecule has 4 rings (SSSR count). The molecule has 1 aliphatic rings. The average molecular weight is 461 g/mol. The fourth-order valence-corrected chi connectivity index (χ4v) is 4.46. The predicted molar refractivity (Wildman–Crippen MR) is 130 cm³/mol. The summed E-state index contributed by atoms with van der Waals surface area (Å²) >= 11 is 0. The van der Waals surface area contributed by atoms with Crippen LogP contribution in [0.3, 0.4) is 0 Å². The van der Waals surface area contributed by atoms with E-state index < -0.39 is 5.78 Å². The lowest BCUT2D eigenvalue weighted by atomic mass is 9.89. The minimum atomic E-state index is -0.469. The number of benzene rings is 3. The first-order valence-electron chi connectivity index (χ1n) is 11.4. The van der Waals surface area contributed by atoms with Crippen molar-refractivity contribution in [2.75, 3.05) is 31.1 Å². The number of carbonyl (C=O) groups excluding carboxylic acids is 2. The molecule has 1 aliphatic heterocycles. The number of rotatable bonds is 6. The third kappa shape index (κ3) is 4.69. The second-order valence-electron chi connectivity index (χ2n) is 8.36. The van der Waals surface area contributed by atoms with Gasteiger partial charge in [0.05, 0.1) is 12.0 Å². The number of phenols is 3. The van der Waals surface area contributed by atoms with Crippen LogP contribution in [0, 0.1) is 0 Å². The summed E-state index contributed by atoms with van der Waals surface area (Å²) in [7, 11) is 0. The smallest absolute Gasteiger partial charge is 0.227 e. The van der Waals surface area contributed by atoms with Crippen LogP contribution < -0.4 is 4.90 Å². The summed E-state index contributed by atoms with van der Waals surface area (Å²) in [6.45, 7) is 4.30. The van der Waals surface area contributed by atoms with E-state index >= 15 is 0 Å². The highest BCUT2D eigenvalue weighted by atomic mass is 16.3. The Morgan fingerprint density at radius 1 is 0.824 bits per heavy atom. The standard InChI is InChI=1S/C27H28N2O5/c1-2-21-22(16-25(33)29-14-12-28(13-15-29)19-6-4-3-5-7-19)26(24(32)17-23(21)31)27(34)18-8-10-20(30)11-9-18/h3-11,17,30-32H,2,12-16H2,1H3. The van der Waals surface area contributed by atoms with Gasteiger partial charge >= 0.3 is 0 Å². The van der Waals surface area contributed by atoms with Gasteiger partial charge in [-0.3, -0.25) is 9.59 Å².